The van der Waals surface area contributed by atoms with E-state index < -0.39 is 23.1 Å². The quantitative estimate of drug-likeness (QED) is 0.896. The average molecular weight is 312 g/mol. The van der Waals surface area contributed by atoms with Crippen molar-refractivity contribution in [3.8, 4) is 0 Å². The van der Waals surface area contributed by atoms with Crippen LogP contribution in [0, 0.1) is 11.6 Å². The van der Waals surface area contributed by atoms with Gasteiger partial charge in [-0.2, -0.15) is 0 Å². The smallest absolute Gasteiger partial charge is 0.333 e. The Morgan fingerprint density at radius 1 is 1.19 bits per heavy atom. The van der Waals surface area contributed by atoms with Crippen LogP contribution in [0.15, 0.2) is 42.5 Å². The van der Waals surface area contributed by atoms with Crippen LogP contribution in [0.4, 0.5) is 14.5 Å². The third-order valence-corrected chi connectivity index (χ3v) is 3.39. The molecule has 1 atom stereocenters. The summed E-state index contributed by atoms with van der Waals surface area (Å²) in [5.41, 5.74) is -1.45. The fraction of sp³-hybridized carbons (Fsp3) is 0.133. The van der Waals surface area contributed by atoms with E-state index in [1.807, 2.05) is 0 Å². The van der Waals surface area contributed by atoms with E-state index in [0.717, 1.165) is 12.1 Å². The van der Waals surface area contributed by atoms with E-state index in [1.165, 1.54) is 6.92 Å². The molecule has 2 rings (SSSR count). The summed E-state index contributed by atoms with van der Waals surface area (Å²) in [4.78, 5) is 11.6. The number of nitrogens with one attached hydrogen (secondary N) is 1. The van der Waals surface area contributed by atoms with Gasteiger partial charge in [-0.15, -0.1) is 0 Å². The second-order valence-corrected chi connectivity index (χ2v) is 5.12. The summed E-state index contributed by atoms with van der Waals surface area (Å²) in [5.74, 6) is -2.99. The molecular formula is C15H12ClF2NO2. The van der Waals surface area contributed by atoms with Crippen molar-refractivity contribution in [2.45, 2.75) is 12.5 Å². The predicted molar refractivity (Wildman–Crippen MR) is 76.4 cm³/mol. The van der Waals surface area contributed by atoms with Crippen LogP contribution < -0.4 is 5.32 Å². The third-order valence-electron chi connectivity index (χ3n) is 3.14. The molecule has 0 aliphatic carbocycles. The molecule has 110 valence electrons. The highest BCUT2D eigenvalue weighted by atomic mass is 35.5. The van der Waals surface area contributed by atoms with Gasteiger partial charge in [0.25, 0.3) is 0 Å². The molecule has 0 radical (unpaired) electrons. The van der Waals surface area contributed by atoms with E-state index in [2.05, 4.69) is 5.32 Å². The van der Waals surface area contributed by atoms with Crippen molar-refractivity contribution in [2.24, 2.45) is 0 Å². The van der Waals surface area contributed by atoms with Gasteiger partial charge in [0.1, 0.15) is 11.6 Å². The topological polar surface area (TPSA) is 49.3 Å². The number of carboxylic acids is 1. The first-order valence-corrected chi connectivity index (χ1v) is 6.43. The summed E-state index contributed by atoms with van der Waals surface area (Å²) in [5, 5.41) is 12.7. The van der Waals surface area contributed by atoms with E-state index in [9.17, 15) is 18.7 Å². The number of benzene rings is 2. The van der Waals surface area contributed by atoms with Crippen LogP contribution in [0.25, 0.3) is 0 Å². The van der Waals surface area contributed by atoms with Gasteiger partial charge < -0.3 is 10.4 Å². The number of carbonyl (C=O) groups is 1. The molecule has 0 saturated carbocycles. The van der Waals surface area contributed by atoms with E-state index in [0.29, 0.717) is 16.8 Å². The molecule has 2 aromatic rings. The van der Waals surface area contributed by atoms with E-state index in [1.54, 1.807) is 24.3 Å². The van der Waals surface area contributed by atoms with Crippen LogP contribution in [-0.4, -0.2) is 11.1 Å². The highest BCUT2D eigenvalue weighted by Gasteiger charge is 2.37. The molecule has 1 unspecified atom stereocenters. The number of hydrogen-bond acceptors (Lipinski definition) is 2. The zero-order valence-corrected chi connectivity index (χ0v) is 11.8. The van der Waals surface area contributed by atoms with Crippen LogP contribution in [0.2, 0.25) is 5.02 Å². The van der Waals surface area contributed by atoms with Gasteiger partial charge in [0, 0.05) is 22.3 Å². The molecule has 0 saturated heterocycles. The first-order valence-electron chi connectivity index (χ1n) is 6.05. The molecule has 2 aromatic carbocycles. The Morgan fingerprint density at radius 3 is 2.33 bits per heavy atom. The van der Waals surface area contributed by atoms with Crippen molar-refractivity contribution < 1.29 is 18.7 Å². The van der Waals surface area contributed by atoms with Crippen molar-refractivity contribution in [3.05, 3.63) is 64.7 Å². The summed E-state index contributed by atoms with van der Waals surface area (Å²) in [7, 11) is 0. The Hall–Kier alpha value is -2.14. The normalized spacial score (nSPS) is 13.5. The number of carboxylic acid groups (broad SMARTS) is 1. The van der Waals surface area contributed by atoms with Crippen molar-refractivity contribution in [2.75, 3.05) is 5.32 Å². The summed E-state index contributed by atoms with van der Waals surface area (Å²) in [6.07, 6.45) is 0. The molecule has 0 aliphatic rings. The minimum absolute atomic E-state index is 0.161. The number of rotatable bonds is 4. The second kappa shape index (κ2) is 5.69. The van der Waals surface area contributed by atoms with Gasteiger partial charge in [0.2, 0.25) is 0 Å². The molecule has 6 heteroatoms. The van der Waals surface area contributed by atoms with Gasteiger partial charge in [0.05, 0.1) is 0 Å². The highest BCUT2D eigenvalue weighted by molar-refractivity contribution is 6.30. The molecule has 21 heavy (non-hydrogen) atoms. The summed E-state index contributed by atoms with van der Waals surface area (Å²) < 4.78 is 26.9. The highest BCUT2D eigenvalue weighted by Crippen LogP contribution is 2.29. The molecule has 0 fully saturated rings. The maximum atomic E-state index is 13.9. The van der Waals surface area contributed by atoms with Gasteiger partial charge in [-0.05, 0) is 37.3 Å². The van der Waals surface area contributed by atoms with Gasteiger partial charge in [-0.25, -0.2) is 13.6 Å². The lowest BCUT2D eigenvalue weighted by Crippen LogP contribution is -2.41. The van der Waals surface area contributed by atoms with Crippen LogP contribution in [0.1, 0.15) is 12.5 Å². The van der Waals surface area contributed by atoms with Gasteiger partial charge in [0.15, 0.2) is 5.54 Å². The van der Waals surface area contributed by atoms with Gasteiger partial charge in [-0.3, -0.25) is 0 Å². The van der Waals surface area contributed by atoms with Gasteiger partial charge in [-0.1, -0.05) is 17.7 Å². The van der Waals surface area contributed by atoms with Crippen molar-refractivity contribution in [1.29, 1.82) is 0 Å². The lowest BCUT2D eigenvalue weighted by Gasteiger charge is -2.28. The maximum absolute atomic E-state index is 13.9. The first kappa shape index (κ1) is 15.3. The molecule has 0 bridgehead atoms. The van der Waals surface area contributed by atoms with Crippen molar-refractivity contribution >= 4 is 23.3 Å². The van der Waals surface area contributed by atoms with E-state index >= 15 is 0 Å². The molecule has 0 aromatic heterocycles. The largest absolute Gasteiger partial charge is 0.479 e. The standard InChI is InChI=1S/C15H12ClF2NO2/c1-15(14(20)21,12-7-4-10(17)8-13(12)18)19-11-5-2-9(16)3-6-11/h2-8,19H,1H3,(H,20,21). The number of halogens is 3. The lowest BCUT2D eigenvalue weighted by atomic mass is 9.91. The SMILES string of the molecule is CC(Nc1ccc(Cl)cc1)(C(=O)O)c1ccc(F)cc1F. The molecule has 3 nitrogen and oxygen atoms in total. The molecule has 0 heterocycles. The van der Waals surface area contributed by atoms with Crippen molar-refractivity contribution in [3.63, 3.8) is 0 Å². The zero-order chi connectivity index (χ0) is 15.6. The van der Waals surface area contributed by atoms with Crippen molar-refractivity contribution in [1.82, 2.24) is 0 Å². The number of aliphatic carboxylic acids is 1. The van der Waals surface area contributed by atoms with E-state index in [4.69, 9.17) is 11.6 Å². The molecular weight excluding hydrogens is 300 g/mol. The first-order chi connectivity index (χ1) is 9.83. The van der Waals surface area contributed by atoms with Gasteiger partial charge >= 0.3 is 5.97 Å². The van der Waals surface area contributed by atoms with Crippen LogP contribution in [-0.2, 0) is 10.3 Å². The molecule has 2 N–H and O–H groups in total. The van der Waals surface area contributed by atoms with Crippen LogP contribution in [0.3, 0.4) is 0 Å². The third kappa shape index (κ3) is 3.13. The Labute approximate surface area is 125 Å². The monoisotopic (exact) mass is 311 g/mol. The lowest BCUT2D eigenvalue weighted by molar-refractivity contribution is -0.142. The fourth-order valence-corrected chi connectivity index (χ4v) is 2.08. The minimum Gasteiger partial charge on any atom is -0.479 e. The number of anilines is 1. The Balaban J connectivity index is 2.45. The minimum atomic E-state index is -1.74. The second-order valence-electron chi connectivity index (χ2n) is 4.69. The predicted octanol–water partition coefficient (Wildman–Crippen LogP) is 4.03. The molecule has 0 amide bonds. The van der Waals surface area contributed by atoms with E-state index in [-0.39, 0.29) is 5.56 Å². The van der Waals surface area contributed by atoms with Crippen LogP contribution in [0.5, 0.6) is 0 Å². The fourth-order valence-electron chi connectivity index (χ4n) is 1.95. The maximum Gasteiger partial charge on any atom is 0.333 e. The number of hydrogen-bond donors (Lipinski definition) is 2. The average Bonchev–Trinajstić information content (AvgIpc) is 2.41. The Bertz CT molecular complexity index is 676. The Kier molecular flexibility index (Phi) is 4.14. The zero-order valence-electron chi connectivity index (χ0n) is 11.0. The Morgan fingerprint density at radius 2 is 1.81 bits per heavy atom. The van der Waals surface area contributed by atoms with Crippen LogP contribution >= 0.6 is 11.6 Å². The molecule has 0 spiro atoms. The summed E-state index contributed by atoms with van der Waals surface area (Å²) in [6, 6.07) is 9.08. The molecule has 0 aliphatic heterocycles. The summed E-state index contributed by atoms with van der Waals surface area (Å²) >= 11 is 5.76. The summed E-state index contributed by atoms with van der Waals surface area (Å²) in [6.45, 7) is 1.31.